The number of hydrogen-bond acceptors (Lipinski definition) is 5. The molecule has 4 rings (SSSR count). The number of nitrogens with zero attached hydrogens (tertiary/aromatic N) is 3. The van der Waals surface area contributed by atoms with Crippen LogP contribution in [0.3, 0.4) is 0 Å². The molecule has 7 nitrogen and oxygen atoms in total. The number of methoxy groups -OCH3 is 1. The molecule has 2 aromatic rings. The Morgan fingerprint density at radius 1 is 1.07 bits per heavy atom. The Kier molecular flexibility index (Phi) is 9.59. The van der Waals surface area contributed by atoms with Gasteiger partial charge in [0.25, 0.3) is 5.91 Å². The lowest BCUT2D eigenvalue weighted by molar-refractivity contribution is -0.147. The van der Waals surface area contributed by atoms with Gasteiger partial charge in [0.05, 0.1) is 18.6 Å². The van der Waals surface area contributed by atoms with Crippen LogP contribution in [-0.4, -0.2) is 77.3 Å². The van der Waals surface area contributed by atoms with Crippen molar-refractivity contribution in [3.63, 3.8) is 0 Å². The molecule has 242 valence electrons. The van der Waals surface area contributed by atoms with Gasteiger partial charge in [-0.25, -0.2) is 4.39 Å². The minimum absolute atomic E-state index is 0.0979. The summed E-state index contributed by atoms with van der Waals surface area (Å²) in [4.78, 5) is 31.0. The lowest BCUT2D eigenvalue weighted by Crippen LogP contribution is -2.53. The van der Waals surface area contributed by atoms with E-state index in [1.165, 1.54) is 11.0 Å². The van der Waals surface area contributed by atoms with Crippen LogP contribution in [-0.2, 0) is 22.3 Å². The lowest BCUT2D eigenvalue weighted by Gasteiger charge is -2.38. The topological polar surface area (TPSA) is 73.3 Å². The second-order valence-corrected chi connectivity index (χ2v) is 13.2. The third-order valence-electron chi connectivity index (χ3n) is 9.02. The number of rotatable bonds is 8. The predicted octanol–water partition coefficient (Wildman–Crippen LogP) is 6.36. The number of carbonyl (C=O) groups excluding carboxylic acids is 1. The Bertz CT molecular complexity index is 1330. The molecule has 0 aliphatic carbocycles. The van der Waals surface area contributed by atoms with E-state index in [4.69, 9.17) is 4.74 Å². The average molecular weight is 622 g/mol. The molecule has 2 aliphatic heterocycles. The second kappa shape index (κ2) is 12.6. The number of ether oxygens (including phenoxy) is 1. The number of aliphatic carboxylic acids is 1. The van der Waals surface area contributed by atoms with Crippen LogP contribution in [0, 0.1) is 5.92 Å². The second-order valence-electron chi connectivity index (χ2n) is 13.2. The Morgan fingerprint density at radius 3 is 2.18 bits per heavy atom. The van der Waals surface area contributed by atoms with Crippen LogP contribution in [0.4, 0.5) is 23.2 Å². The van der Waals surface area contributed by atoms with Crippen molar-refractivity contribution in [2.75, 3.05) is 38.2 Å². The van der Waals surface area contributed by atoms with Crippen LogP contribution in [0.25, 0.3) is 0 Å². The van der Waals surface area contributed by atoms with Gasteiger partial charge in [-0.1, -0.05) is 18.2 Å². The van der Waals surface area contributed by atoms with Crippen LogP contribution in [0.15, 0.2) is 42.5 Å². The Balaban J connectivity index is 1.71. The third kappa shape index (κ3) is 6.98. The number of carboxylic acid groups (broad SMARTS) is 1. The number of carbonyl (C=O) groups is 2. The van der Waals surface area contributed by atoms with Crippen molar-refractivity contribution in [2.45, 2.75) is 83.3 Å². The number of amides is 1. The minimum Gasteiger partial charge on any atom is -0.497 e. The Hall–Kier alpha value is -3.34. The number of carboxylic acids is 1. The molecule has 0 unspecified atom stereocenters. The zero-order valence-corrected chi connectivity index (χ0v) is 26.2. The molecule has 1 N–H and O–H groups in total. The summed E-state index contributed by atoms with van der Waals surface area (Å²) in [5, 5.41) is 9.41. The monoisotopic (exact) mass is 621 g/mol. The van der Waals surface area contributed by atoms with Gasteiger partial charge in [-0.05, 0) is 82.9 Å². The van der Waals surface area contributed by atoms with Gasteiger partial charge in [-0.3, -0.25) is 14.5 Å². The third-order valence-corrected chi connectivity index (χ3v) is 9.02. The molecule has 0 aromatic heterocycles. The molecular formula is C33H43F4N3O4. The molecule has 2 heterocycles. The van der Waals surface area contributed by atoms with E-state index in [9.17, 15) is 27.9 Å². The highest BCUT2D eigenvalue weighted by molar-refractivity contribution is 5.88. The van der Waals surface area contributed by atoms with E-state index in [2.05, 4.69) is 0 Å². The van der Waals surface area contributed by atoms with E-state index >= 15 is 4.39 Å². The lowest BCUT2D eigenvalue weighted by atomic mass is 9.84. The van der Waals surface area contributed by atoms with Gasteiger partial charge in [0.1, 0.15) is 5.75 Å². The minimum atomic E-state index is -4.59. The van der Waals surface area contributed by atoms with Gasteiger partial charge in [0, 0.05) is 55.9 Å². The van der Waals surface area contributed by atoms with Crippen LogP contribution in [0.2, 0.25) is 0 Å². The van der Waals surface area contributed by atoms with Crippen LogP contribution < -0.4 is 9.64 Å². The molecule has 1 amide bonds. The first-order chi connectivity index (χ1) is 20.5. The SMILES string of the molecule is COc1ccc([C@@H]2CN(C(C)(C)C)C[C@@]2(F)C(=O)N(Cc2ccc(C(F)(F)F)cc2N2CCC(C(=O)O)CC2)C(C)C)cc1. The summed E-state index contributed by atoms with van der Waals surface area (Å²) in [5.41, 5.74) is -2.15. The molecule has 44 heavy (non-hydrogen) atoms. The summed E-state index contributed by atoms with van der Waals surface area (Å²) < 4.78 is 64.0. The highest BCUT2D eigenvalue weighted by atomic mass is 19.4. The zero-order chi connectivity index (χ0) is 32.6. The molecule has 2 fully saturated rings. The number of halogens is 4. The molecule has 2 saturated heterocycles. The fraction of sp³-hybridized carbons (Fsp3) is 0.576. The number of hydrogen-bond donors (Lipinski definition) is 1. The van der Waals surface area contributed by atoms with Gasteiger partial charge >= 0.3 is 12.1 Å². The summed E-state index contributed by atoms with van der Waals surface area (Å²) in [6.45, 7) is 10.0. The fourth-order valence-electron chi connectivity index (χ4n) is 6.20. The van der Waals surface area contributed by atoms with Crippen molar-refractivity contribution < 1.29 is 37.0 Å². The van der Waals surface area contributed by atoms with Crippen LogP contribution in [0.1, 0.15) is 70.1 Å². The first-order valence-corrected chi connectivity index (χ1v) is 15.0. The van der Waals surface area contributed by atoms with Crippen LogP contribution >= 0.6 is 0 Å². The molecule has 2 aliphatic rings. The highest BCUT2D eigenvalue weighted by Crippen LogP contribution is 2.44. The summed E-state index contributed by atoms with van der Waals surface area (Å²) in [7, 11) is 1.54. The number of likely N-dealkylation sites (tertiary alicyclic amines) is 1. The van der Waals surface area contributed by atoms with Gasteiger partial charge in [0.15, 0.2) is 0 Å². The fourth-order valence-corrected chi connectivity index (χ4v) is 6.20. The average Bonchev–Trinajstić information content (AvgIpc) is 3.34. The standard InChI is InChI=1S/C33H43F4N3O4/c1-21(2)40(18-24-7-10-25(33(35,36)37)17-28(24)38-15-13-23(14-16-38)29(41)42)30(43)32(34)20-39(31(3,4)5)19-27(32)22-8-11-26(44-6)12-9-22/h7-12,17,21,23,27H,13-16,18-20H2,1-6H3,(H,41,42)/t27-,32-/m0/s1. The largest absolute Gasteiger partial charge is 0.497 e. The van der Waals surface area contributed by atoms with Crippen molar-refractivity contribution in [3.8, 4) is 5.75 Å². The highest BCUT2D eigenvalue weighted by Gasteiger charge is 2.57. The molecule has 0 spiro atoms. The molecule has 0 radical (unpaired) electrons. The smallest absolute Gasteiger partial charge is 0.416 e. The quantitative estimate of drug-likeness (QED) is 0.346. The predicted molar refractivity (Wildman–Crippen MR) is 161 cm³/mol. The Labute approximate surface area is 256 Å². The van der Waals surface area contributed by atoms with E-state index < -0.39 is 52.7 Å². The normalized spacial score (nSPS) is 22.0. The summed E-state index contributed by atoms with van der Waals surface area (Å²) in [6.07, 6.45) is -4.01. The Morgan fingerprint density at radius 2 is 1.68 bits per heavy atom. The number of alkyl halides is 4. The zero-order valence-electron chi connectivity index (χ0n) is 26.2. The maximum absolute atomic E-state index is 17.4. The van der Waals surface area contributed by atoms with Crippen LogP contribution in [0.5, 0.6) is 5.75 Å². The molecular weight excluding hydrogens is 578 g/mol. The number of benzene rings is 2. The van der Waals surface area contributed by atoms with Gasteiger partial charge < -0.3 is 19.6 Å². The van der Waals surface area contributed by atoms with Gasteiger partial charge in [0.2, 0.25) is 5.67 Å². The first kappa shape index (κ1) is 33.6. The summed E-state index contributed by atoms with van der Waals surface area (Å²) in [5.74, 6) is -2.37. The summed E-state index contributed by atoms with van der Waals surface area (Å²) in [6, 6.07) is 9.95. The molecule has 2 atom stereocenters. The molecule has 0 saturated carbocycles. The maximum atomic E-state index is 17.4. The maximum Gasteiger partial charge on any atom is 0.416 e. The van der Waals surface area contributed by atoms with E-state index in [0.29, 0.717) is 23.4 Å². The molecule has 2 aromatic carbocycles. The summed E-state index contributed by atoms with van der Waals surface area (Å²) >= 11 is 0. The molecule has 11 heteroatoms. The van der Waals surface area contributed by atoms with Crippen molar-refractivity contribution in [3.05, 3.63) is 59.2 Å². The van der Waals surface area contributed by atoms with E-state index in [1.54, 1.807) is 50.1 Å². The van der Waals surface area contributed by atoms with Crippen molar-refractivity contribution >= 4 is 17.6 Å². The van der Waals surface area contributed by atoms with Crippen molar-refractivity contribution in [1.82, 2.24) is 9.80 Å². The van der Waals surface area contributed by atoms with Crippen molar-refractivity contribution in [2.24, 2.45) is 5.92 Å². The van der Waals surface area contributed by atoms with Gasteiger partial charge in [-0.15, -0.1) is 0 Å². The molecule has 0 bridgehead atoms. The van der Waals surface area contributed by atoms with E-state index in [1.807, 2.05) is 25.7 Å². The first-order valence-electron chi connectivity index (χ1n) is 15.0. The number of piperidine rings is 1. The van der Waals surface area contributed by atoms with E-state index in [-0.39, 0.29) is 44.7 Å². The van der Waals surface area contributed by atoms with Gasteiger partial charge in [-0.2, -0.15) is 13.2 Å². The van der Waals surface area contributed by atoms with Crippen molar-refractivity contribution in [1.29, 1.82) is 0 Å². The number of anilines is 1. The van der Waals surface area contributed by atoms with E-state index in [0.717, 1.165) is 12.1 Å².